The minimum absolute atomic E-state index is 0.162. The molecule has 2 aromatic rings. The largest absolute Gasteiger partial charge is 0.478 e. The molecule has 1 heterocycles. The van der Waals surface area contributed by atoms with Crippen LogP contribution in [0.3, 0.4) is 0 Å². The number of carbonyl (C=O) groups is 2. The van der Waals surface area contributed by atoms with Gasteiger partial charge in [0.25, 0.3) is 15.9 Å². The molecular weight excluding hydrogens is 322 g/mol. The maximum Gasteiger partial charge on any atom is 0.335 e. The Labute approximate surface area is 132 Å². The fourth-order valence-electron chi connectivity index (χ4n) is 1.95. The van der Waals surface area contributed by atoms with Crippen molar-refractivity contribution in [2.24, 2.45) is 7.05 Å². The number of hydrazine groups is 1. The second kappa shape index (κ2) is 6.23. The second-order valence-corrected chi connectivity index (χ2v) is 6.50. The third-order valence-corrected chi connectivity index (χ3v) is 4.59. The zero-order valence-corrected chi connectivity index (χ0v) is 13.2. The normalized spacial score (nSPS) is 11.2. The second-order valence-electron chi connectivity index (χ2n) is 4.85. The summed E-state index contributed by atoms with van der Waals surface area (Å²) in [5, 5.41) is 8.95. The highest BCUT2D eigenvalue weighted by molar-refractivity contribution is 7.89. The van der Waals surface area contributed by atoms with E-state index in [4.69, 9.17) is 5.11 Å². The molecule has 1 aromatic heterocycles. The minimum Gasteiger partial charge on any atom is -0.478 e. The number of carbonyl (C=O) groups excluding carboxylic acids is 1. The van der Waals surface area contributed by atoms with E-state index in [1.807, 2.05) is 4.83 Å². The molecule has 0 saturated heterocycles. The lowest BCUT2D eigenvalue weighted by atomic mass is 10.1. The highest BCUT2D eigenvalue weighted by Gasteiger charge is 2.20. The summed E-state index contributed by atoms with van der Waals surface area (Å²) in [6.07, 6.45) is 1.64. The zero-order valence-electron chi connectivity index (χ0n) is 12.4. The number of amides is 1. The Morgan fingerprint density at radius 1 is 1.22 bits per heavy atom. The van der Waals surface area contributed by atoms with Gasteiger partial charge >= 0.3 is 5.97 Å². The molecule has 0 aliphatic carbocycles. The highest BCUT2D eigenvalue weighted by atomic mass is 32.2. The van der Waals surface area contributed by atoms with E-state index in [1.165, 1.54) is 29.7 Å². The van der Waals surface area contributed by atoms with Crippen LogP contribution in [0.2, 0.25) is 0 Å². The van der Waals surface area contributed by atoms with Crippen molar-refractivity contribution in [3.05, 3.63) is 53.3 Å². The van der Waals surface area contributed by atoms with Gasteiger partial charge in [0.05, 0.1) is 10.5 Å². The SMILES string of the molecule is Cc1ccc(C(=O)O)cc1S(=O)(=O)NNC(=O)c1cccn1C. The van der Waals surface area contributed by atoms with Crippen LogP contribution in [-0.2, 0) is 17.1 Å². The van der Waals surface area contributed by atoms with Gasteiger partial charge in [-0.25, -0.2) is 13.2 Å². The van der Waals surface area contributed by atoms with Crippen molar-refractivity contribution in [1.82, 2.24) is 14.8 Å². The first-order valence-electron chi connectivity index (χ1n) is 6.50. The van der Waals surface area contributed by atoms with Crippen molar-refractivity contribution >= 4 is 21.9 Å². The van der Waals surface area contributed by atoms with Gasteiger partial charge in [-0.05, 0) is 36.8 Å². The molecule has 0 bridgehead atoms. The molecular formula is C14H15N3O5S. The molecule has 0 atom stereocenters. The molecule has 122 valence electrons. The summed E-state index contributed by atoms with van der Waals surface area (Å²) in [5.41, 5.74) is 2.56. The first-order valence-corrected chi connectivity index (χ1v) is 7.98. The van der Waals surface area contributed by atoms with Gasteiger partial charge in [-0.15, -0.1) is 4.83 Å². The zero-order chi connectivity index (χ0) is 17.2. The quantitative estimate of drug-likeness (QED) is 0.693. The predicted octanol–water partition coefficient (Wildman–Crippen LogP) is 0.655. The van der Waals surface area contributed by atoms with E-state index in [2.05, 4.69) is 5.43 Å². The van der Waals surface area contributed by atoms with E-state index in [0.717, 1.165) is 6.07 Å². The summed E-state index contributed by atoms with van der Waals surface area (Å²) in [5.74, 6) is -1.87. The first kappa shape index (κ1) is 16.7. The lowest BCUT2D eigenvalue weighted by molar-refractivity contribution is 0.0696. The lowest BCUT2D eigenvalue weighted by Gasteiger charge is -2.11. The number of carboxylic acid groups (broad SMARTS) is 1. The summed E-state index contributed by atoms with van der Waals surface area (Å²) in [6, 6.07) is 6.90. The molecule has 9 heteroatoms. The molecule has 3 N–H and O–H groups in total. The Hall–Kier alpha value is -2.65. The summed E-state index contributed by atoms with van der Waals surface area (Å²) < 4.78 is 26.1. The van der Waals surface area contributed by atoms with Crippen LogP contribution in [0.1, 0.15) is 26.4 Å². The summed E-state index contributed by atoms with van der Waals surface area (Å²) in [4.78, 5) is 24.6. The first-order chi connectivity index (χ1) is 10.7. The maximum absolute atomic E-state index is 12.3. The summed E-state index contributed by atoms with van der Waals surface area (Å²) in [7, 11) is -2.46. The fourth-order valence-corrected chi connectivity index (χ4v) is 3.06. The molecule has 0 aliphatic heterocycles. The van der Waals surface area contributed by atoms with Crippen LogP contribution in [0.15, 0.2) is 41.4 Å². The Balaban J connectivity index is 2.23. The van der Waals surface area contributed by atoms with Crippen molar-refractivity contribution in [2.45, 2.75) is 11.8 Å². The van der Waals surface area contributed by atoms with E-state index >= 15 is 0 Å². The molecule has 0 spiro atoms. The van der Waals surface area contributed by atoms with E-state index in [9.17, 15) is 18.0 Å². The molecule has 0 aliphatic rings. The van der Waals surface area contributed by atoms with Gasteiger partial charge in [-0.1, -0.05) is 6.07 Å². The molecule has 23 heavy (non-hydrogen) atoms. The topological polar surface area (TPSA) is 118 Å². The third-order valence-electron chi connectivity index (χ3n) is 3.20. The van der Waals surface area contributed by atoms with E-state index < -0.39 is 21.9 Å². The van der Waals surface area contributed by atoms with Crippen LogP contribution in [0.4, 0.5) is 0 Å². The van der Waals surface area contributed by atoms with Crippen LogP contribution < -0.4 is 10.3 Å². The Morgan fingerprint density at radius 3 is 2.48 bits per heavy atom. The average Bonchev–Trinajstić information content (AvgIpc) is 2.91. The number of nitrogens with one attached hydrogen (secondary N) is 2. The molecule has 8 nitrogen and oxygen atoms in total. The lowest BCUT2D eigenvalue weighted by Crippen LogP contribution is -2.42. The molecule has 1 amide bonds. The molecule has 0 saturated carbocycles. The Kier molecular flexibility index (Phi) is 4.52. The predicted molar refractivity (Wildman–Crippen MR) is 81.3 cm³/mol. The molecule has 0 radical (unpaired) electrons. The van der Waals surface area contributed by atoms with Gasteiger partial charge in [0, 0.05) is 13.2 Å². The number of carboxylic acids is 1. The Bertz CT molecular complexity index is 870. The highest BCUT2D eigenvalue weighted by Crippen LogP contribution is 2.16. The van der Waals surface area contributed by atoms with E-state index in [1.54, 1.807) is 19.3 Å². The minimum atomic E-state index is -4.10. The Morgan fingerprint density at radius 2 is 1.91 bits per heavy atom. The van der Waals surface area contributed by atoms with Crippen molar-refractivity contribution in [1.29, 1.82) is 0 Å². The summed E-state index contributed by atoms with van der Waals surface area (Å²) >= 11 is 0. The third kappa shape index (κ3) is 3.58. The maximum atomic E-state index is 12.3. The number of hydrogen-bond acceptors (Lipinski definition) is 4. The smallest absolute Gasteiger partial charge is 0.335 e. The number of nitrogens with zero attached hydrogens (tertiary/aromatic N) is 1. The van der Waals surface area contributed by atoms with Crippen molar-refractivity contribution in [2.75, 3.05) is 0 Å². The number of rotatable bonds is 5. The number of aromatic carboxylic acids is 1. The summed E-state index contributed by atoms with van der Waals surface area (Å²) in [6.45, 7) is 1.53. The number of hydrogen-bond donors (Lipinski definition) is 3. The number of benzene rings is 1. The van der Waals surface area contributed by atoms with Crippen LogP contribution in [0, 0.1) is 6.92 Å². The van der Waals surface area contributed by atoms with Crippen molar-refractivity contribution < 1.29 is 23.1 Å². The molecule has 0 unspecified atom stereocenters. The molecule has 0 fully saturated rings. The van der Waals surface area contributed by atoms with Crippen LogP contribution in [0.5, 0.6) is 0 Å². The van der Waals surface area contributed by atoms with Gasteiger partial charge in [0.2, 0.25) is 0 Å². The van der Waals surface area contributed by atoms with Crippen molar-refractivity contribution in [3.63, 3.8) is 0 Å². The fraction of sp³-hybridized carbons (Fsp3) is 0.143. The molecule has 2 rings (SSSR count). The number of sulfonamides is 1. The van der Waals surface area contributed by atoms with Crippen molar-refractivity contribution in [3.8, 4) is 0 Å². The van der Waals surface area contributed by atoms with Gasteiger partial charge in [0.15, 0.2) is 0 Å². The van der Waals surface area contributed by atoms with Gasteiger partial charge in [0.1, 0.15) is 5.69 Å². The average molecular weight is 337 g/mol. The molecule has 1 aromatic carbocycles. The van der Waals surface area contributed by atoms with E-state index in [0.29, 0.717) is 5.56 Å². The van der Waals surface area contributed by atoms with Crippen LogP contribution in [-0.4, -0.2) is 30.0 Å². The monoisotopic (exact) mass is 337 g/mol. The van der Waals surface area contributed by atoms with E-state index in [-0.39, 0.29) is 16.2 Å². The van der Waals surface area contributed by atoms with Gasteiger partial charge in [-0.2, -0.15) is 0 Å². The number of aromatic nitrogens is 1. The van der Waals surface area contributed by atoms with Gasteiger partial charge in [-0.3, -0.25) is 10.2 Å². The van der Waals surface area contributed by atoms with Gasteiger partial charge < -0.3 is 9.67 Å². The number of aryl methyl sites for hydroxylation is 2. The standard InChI is InChI=1S/C14H15N3O5S/c1-9-5-6-10(14(19)20)8-12(9)23(21,22)16-15-13(18)11-4-3-7-17(11)2/h3-8,16H,1-2H3,(H,15,18)(H,19,20). The van der Waals surface area contributed by atoms with Crippen LogP contribution >= 0.6 is 0 Å². The van der Waals surface area contributed by atoms with Crippen LogP contribution in [0.25, 0.3) is 0 Å².